The summed E-state index contributed by atoms with van der Waals surface area (Å²) in [5, 5.41) is 2.83. The molecule has 0 unspecified atom stereocenters. The second-order valence-corrected chi connectivity index (χ2v) is 5.00. The normalized spacial score (nSPS) is 10.7. The molecule has 21 heavy (non-hydrogen) atoms. The number of benzene rings is 2. The van der Waals surface area contributed by atoms with Gasteiger partial charge in [-0.1, -0.05) is 18.2 Å². The summed E-state index contributed by atoms with van der Waals surface area (Å²) in [7, 11) is 0. The number of anilines is 2. The van der Waals surface area contributed by atoms with E-state index in [1.807, 2.05) is 54.0 Å². The van der Waals surface area contributed by atoms with Crippen molar-refractivity contribution in [1.29, 1.82) is 0 Å². The number of rotatable bonds is 3. The molecule has 0 bridgehead atoms. The highest BCUT2D eigenvalue weighted by atomic mass is 16.1. The molecule has 3 N–H and O–H groups in total. The van der Waals surface area contributed by atoms with Crippen LogP contribution in [0.1, 0.15) is 5.56 Å². The van der Waals surface area contributed by atoms with Gasteiger partial charge in [-0.25, -0.2) is 4.98 Å². The molecule has 0 atom stereocenters. The monoisotopic (exact) mass is 280 g/mol. The van der Waals surface area contributed by atoms with Crippen LogP contribution in [0.3, 0.4) is 0 Å². The second-order valence-electron chi connectivity index (χ2n) is 5.00. The fraction of sp³-hybridized carbons (Fsp3) is 0.125. The van der Waals surface area contributed by atoms with Crippen LogP contribution in [0.2, 0.25) is 0 Å². The van der Waals surface area contributed by atoms with E-state index in [0.29, 0.717) is 11.4 Å². The summed E-state index contributed by atoms with van der Waals surface area (Å²) in [6.45, 7) is 2.16. The van der Waals surface area contributed by atoms with Gasteiger partial charge in [-0.15, -0.1) is 0 Å². The summed E-state index contributed by atoms with van der Waals surface area (Å²) < 4.78 is 1.81. The van der Waals surface area contributed by atoms with Crippen molar-refractivity contribution in [3.63, 3.8) is 0 Å². The van der Waals surface area contributed by atoms with E-state index in [9.17, 15) is 4.79 Å². The minimum absolute atomic E-state index is 0.131. The zero-order chi connectivity index (χ0) is 14.8. The van der Waals surface area contributed by atoms with E-state index in [1.54, 1.807) is 6.33 Å². The summed E-state index contributed by atoms with van der Waals surface area (Å²) in [5.74, 6) is -0.131. The molecule has 106 valence electrons. The molecule has 1 aromatic heterocycles. The van der Waals surface area contributed by atoms with E-state index in [2.05, 4.69) is 10.3 Å². The quantitative estimate of drug-likeness (QED) is 0.724. The summed E-state index contributed by atoms with van der Waals surface area (Å²) in [4.78, 5) is 16.4. The molecule has 3 aromatic rings. The van der Waals surface area contributed by atoms with Crippen molar-refractivity contribution >= 4 is 28.3 Å². The van der Waals surface area contributed by atoms with Gasteiger partial charge in [0.15, 0.2) is 0 Å². The number of aromatic nitrogens is 2. The van der Waals surface area contributed by atoms with Gasteiger partial charge in [0.25, 0.3) is 0 Å². The van der Waals surface area contributed by atoms with E-state index in [4.69, 9.17) is 5.73 Å². The standard InChI is InChI=1S/C16H16N4O/c1-11-6-7-13(12(17)8-11)19-16(21)9-20-10-18-14-4-2-3-5-15(14)20/h2-8,10H,9,17H2,1H3,(H,19,21). The highest BCUT2D eigenvalue weighted by Crippen LogP contribution is 2.19. The summed E-state index contributed by atoms with van der Waals surface area (Å²) in [5.41, 5.74) is 9.97. The molecule has 2 aromatic carbocycles. The zero-order valence-electron chi connectivity index (χ0n) is 11.7. The Labute approximate surface area is 122 Å². The first-order chi connectivity index (χ1) is 10.1. The van der Waals surface area contributed by atoms with Crippen molar-refractivity contribution in [2.75, 3.05) is 11.1 Å². The topological polar surface area (TPSA) is 72.9 Å². The third-order valence-corrected chi connectivity index (χ3v) is 3.32. The maximum atomic E-state index is 12.1. The molecule has 5 heteroatoms. The molecule has 0 saturated carbocycles. The molecule has 1 heterocycles. The van der Waals surface area contributed by atoms with Crippen molar-refractivity contribution in [1.82, 2.24) is 9.55 Å². The third kappa shape index (κ3) is 2.72. The predicted octanol–water partition coefficient (Wildman–Crippen LogP) is 2.57. The summed E-state index contributed by atoms with van der Waals surface area (Å²) in [6, 6.07) is 13.3. The number of amides is 1. The van der Waals surface area contributed by atoms with Crippen LogP contribution in [-0.4, -0.2) is 15.5 Å². The van der Waals surface area contributed by atoms with Gasteiger partial charge in [-0.05, 0) is 36.8 Å². The number of hydrogen-bond donors (Lipinski definition) is 2. The maximum absolute atomic E-state index is 12.1. The lowest BCUT2D eigenvalue weighted by Crippen LogP contribution is -2.19. The molecular formula is C16H16N4O. The van der Waals surface area contributed by atoms with Crippen molar-refractivity contribution in [2.24, 2.45) is 0 Å². The van der Waals surface area contributed by atoms with Crippen molar-refractivity contribution < 1.29 is 4.79 Å². The lowest BCUT2D eigenvalue weighted by Gasteiger charge is -2.09. The molecule has 5 nitrogen and oxygen atoms in total. The first-order valence-electron chi connectivity index (χ1n) is 6.69. The van der Waals surface area contributed by atoms with E-state index < -0.39 is 0 Å². The fourth-order valence-corrected chi connectivity index (χ4v) is 2.28. The van der Waals surface area contributed by atoms with Gasteiger partial charge in [0.05, 0.1) is 28.7 Å². The average Bonchev–Trinajstić information content (AvgIpc) is 2.85. The van der Waals surface area contributed by atoms with Gasteiger partial charge in [0.1, 0.15) is 6.54 Å². The molecular weight excluding hydrogens is 264 g/mol. The molecule has 0 fully saturated rings. The number of nitrogens with one attached hydrogen (secondary N) is 1. The molecule has 0 aliphatic rings. The molecule has 0 aliphatic carbocycles. The maximum Gasteiger partial charge on any atom is 0.244 e. The highest BCUT2D eigenvalue weighted by molar-refractivity contribution is 5.94. The lowest BCUT2D eigenvalue weighted by molar-refractivity contribution is -0.116. The summed E-state index contributed by atoms with van der Waals surface area (Å²) in [6.07, 6.45) is 1.67. The number of imidazole rings is 1. The summed E-state index contributed by atoms with van der Waals surface area (Å²) >= 11 is 0. The first kappa shape index (κ1) is 13.2. The van der Waals surface area contributed by atoms with Crippen molar-refractivity contribution in [2.45, 2.75) is 13.5 Å². The lowest BCUT2D eigenvalue weighted by atomic mass is 10.2. The Hall–Kier alpha value is -2.82. The van der Waals surface area contributed by atoms with Crippen LogP contribution in [0.4, 0.5) is 11.4 Å². The minimum atomic E-state index is -0.131. The number of hydrogen-bond acceptors (Lipinski definition) is 3. The Morgan fingerprint density at radius 1 is 1.29 bits per heavy atom. The molecule has 0 aliphatic heterocycles. The van der Waals surface area contributed by atoms with Crippen LogP contribution in [0, 0.1) is 6.92 Å². The number of fused-ring (bicyclic) bond motifs is 1. The highest BCUT2D eigenvalue weighted by Gasteiger charge is 2.08. The van der Waals surface area contributed by atoms with E-state index in [-0.39, 0.29) is 12.5 Å². The Kier molecular flexibility index (Phi) is 3.31. The van der Waals surface area contributed by atoms with Gasteiger partial charge in [0.2, 0.25) is 5.91 Å². The Balaban J connectivity index is 1.77. The predicted molar refractivity (Wildman–Crippen MR) is 84.0 cm³/mol. The number of nitrogens with two attached hydrogens (primary N) is 1. The zero-order valence-corrected chi connectivity index (χ0v) is 11.7. The average molecular weight is 280 g/mol. The Morgan fingerprint density at radius 2 is 2.10 bits per heavy atom. The molecule has 3 rings (SSSR count). The number of carbonyl (C=O) groups is 1. The largest absolute Gasteiger partial charge is 0.397 e. The van der Waals surface area contributed by atoms with Crippen LogP contribution in [0.25, 0.3) is 11.0 Å². The van der Waals surface area contributed by atoms with Crippen LogP contribution in [-0.2, 0) is 11.3 Å². The minimum Gasteiger partial charge on any atom is -0.397 e. The molecule has 0 spiro atoms. The molecule has 1 amide bonds. The second kappa shape index (κ2) is 5.28. The Morgan fingerprint density at radius 3 is 2.90 bits per heavy atom. The van der Waals surface area contributed by atoms with Gasteiger partial charge in [-0.2, -0.15) is 0 Å². The third-order valence-electron chi connectivity index (χ3n) is 3.32. The number of aryl methyl sites for hydroxylation is 1. The van der Waals surface area contributed by atoms with E-state index in [1.165, 1.54) is 0 Å². The van der Waals surface area contributed by atoms with Crippen LogP contribution in [0.15, 0.2) is 48.8 Å². The molecule has 0 radical (unpaired) electrons. The number of carbonyl (C=O) groups excluding carboxylic acids is 1. The number of nitrogen functional groups attached to an aromatic ring is 1. The fourth-order valence-electron chi connectivity index (χ4n) is 2.28. The number of para-hydroxylation sites is 2. The van der Waals surface area contributed by atoms with Crippen molar-refractivity contribution in [3.8, 4) is 0 Å². The van der Waals surface area contributed by atoms with E-state index >= 15 is 0 Å². The van der Waals surface area contributed by atoms with Gasteiger partial charge in [-0.3, -0.25) is 4.79 Å². The van der Waals surface area contributed by atoms with Gasteiger partial charge >= 0.3 is 0 Å². The SMILES string of the molecule is Cc1ccc(NC(=O)Cn2cnc3ccccc32)c(N)c1. The van der Waals surface area contributed by atoms with Gasteiger partial charge < -0.3 is 15.6 Å². The van der Waals surface area contributed by atoms with Crippen molar-refractivity contribution in [3.05, 3.63) is 54.4 Å². The van der Waals surface area contributed by atoms with Crippen LogP contribution >= 0.6 is 0 Å². The van der Waals surface area contributed by atoms with E-state index in [0.717, 1.165) is 16.6 Å². The smallest absolute Gasteiger partial charge is 0.244 e. The van der Waals surface area contributed by atoms with Gasteiger partial charge in [0, 0.05) is 0 Å². The van der Waals surface area contributed by atoms with Crippen LogP contribution < -0.4 is 11.1 Å². The number of nitrogens with zero attached hydrogens (tertiary/aromatic N) is 2. The first-order valence-corrected chi connectivity index (χ1v) is 6.69. The Bertz CT molecular complexity index is 807. The molecule has 0 saturated heterocycles. The van der Waals surface area contributed by atoms with Crippen LogP contribution in [0.5, 0.6) is 0 Å².